The average Bonchev–Trinajstić information content (AvgIpc) is 2.78. The van der Waals surface area contributed by atoms with E-state index >= 15 is 0 Å². The molecule has 2 rings (SSSR count). The van der Waals surface area contributed by atoms with Crippen LogP contribution in [0, 0.1) is 6.92 Å². The SMILES string of the molecule is COCc1nc(-c2ccc(OC)c(C)c2)cs1. The zero-order chi connectivity index (χ0) is 12.3. The number of nitrogens with zero attached hydrogens (tertiary/aromatic N) is 1. The van der Waals surface area contributed by atoms with Crippen molar-refractivity contribution in [2.45, 2.75) is 13.5 Å². The van der Waals surface area contributed by atoms with Gasteiger partial charge in [0, 0.05) is 18.1 Å². The van der Waals surface area contributed by atoms with Gasteiger partial charge in [0.15, 0.2) is 0 Å². The van der Waals surface area contributed by atoms with Gasteiger partial charge in [0.2, 0.25) is 0 Å². The van der Waals surface area contributed by atoms with E-state index in [1.165, 1.54) is 0 Å². The van der Waals surface area contributed by atoms with Gasteiger partial charge in [-0.3, -0.25) is 0 Å². The molecule has 1 aromatic heterocycles. The summed E-state index contributed by atoms with van der Waals surface area (Å²) in [6, 6.07) is 6.09. The van der Waals surface area contributed by atoms with Crippen molar-refractivity contribution in [1.29, 1.82) is 0 Å². The Labute approximate surface area is 105 Å². The molecule has 0 unspecified atom stereocenters. The van der Waals surface area contributed by atoms with Crippen molar-refractivity contribution in [2.75, 3.05) is 14.2 Å². The van der Waals surface area contributed by atoms with Gasteiger partial charge in [-0.05, 0) is 30.7 Å². The van der Waals surface area contributed by atoms with E-state index in [0.29, 0.717) is 6.61 Å². The summed E-state index contributed by atoms with van der Waals surface area (Å²) in [6.07, 6.45) is 0. The van der Waals surface area contributed by atoms with Gasteiger partial charge in [0.1, 0.15) is 10.8 Å². The molecular formula is C13H15NO2S. The highest BCUT2D eigenvalue weighted by molar-refractivity contribution is 7.09. The van der Waals surface area contributed by atoms with Crippen molar-refractivity contribution in [3.63, 3.8) is 0 Å². The second kappa shape index (κ2) is 5.29. The highest BCUT2D eigenvalue weighted by Gasteiger charge is 2.06. The van der Waals surface area contributed by atoms with E-state index in [9.17, 15) is 0 Å². The Hall–Kier alpha value is -1.39. The molecule has 1 heterocycles. The number of aromatic nitrogens is 1. The first-order valence-electron chi connectivity index (χ1n) is 5.33. The van der Waals surface area contributed by atoms with Gasteiger partial charge in [0.05, 0.1) is 19.4 Å². The Bertz CT molecular complexity index is 508. The quantitative estimate of drug-likeness (QED) is 0.833. The Morgan fingerprint density at radius 3 is 2.76 bits per heavy atom. The first-order valence-corrected chi connectivity index (χ1v) is 6.21. The third kappa shape index (κ3) is 2.65. The zero-order valence-corrected chi connectivity index (χ0v) is 11.0. The minimum absolute atomic E-state index is 0.569. The number of hydrogen-bond acceptors (Lipinski definition) is 4. The second-order valence-electron chi connectivity index (χ2n) is 3.74. The molecule has 4 heteroatoms. The summed E-state index contributed by atoms with van der Waals surface area (Å²) in [7, 11) is 3.36. The monoisotopic (exact) mass is 249 g/mol. The largest absolute Gasteiger partial charge is 0.496 e. The Morgan fingerprint density at radius 1 is 1.29 bits per heavy atom. The third-order valence-corrected chi connectivity index (χ3v) is 3.33. The maximum absolute atomic E-state index is 5.24. The van der Waals surface area contributed by atoms with Crippen LogP contribution in [0.25, 0.3) is 11.3 Å². The first-order chi connectivity index (χ1) is 8.24. The molecule has 0 spiro atoms. The van der Waals surface area contributed by atoms with Gasteiger partial charge >= 0.3 is 0 Å². The molecule has 0 fully saturated rings. The predicted molar refractivity (Wildman–Crippen MR) is 69.6 cm³/mol. The minimum atomic E-state index is 0.569. The summed E-state index contributed by atoms with van der Waals surface area (Å²) in [5.74, 6) is 0.904. The molecule has 90 valence electrons. The van der Waals surface area contributed by atoms with E-state index < -0.39 is 0 Å². The number of hydrogen-bond donors (Lipinski definition) is 0. The van der Waals surface area contributed by atoms with Crippen molar-refractivity contribution < 1.29 is 9.47 Å². The molecule has 3 nitrogen and oxygen atoms in total. The van der Waals surface area contributed by atoms with Crippen LogP contribution in [0.3, 0.4) is 0 Å². The van der Waals surface area contributed by atoms with Crippen molar-refractivity contribution in [3.8, 4) is 17.0 Å². The highest BCUT2D eigenvalue weighted by Crippen LogP contribution is 2.27. The van der Waals surface area contributed by atoms with Crippen LogP contribution in [0.5, 0.6) is 5.75 Å². The maximum Gasteiger partial charge on any atom is 0.121 e. The number of benzene rings is 1. The molecule has 0 bridgehead atoms. The summed E-state index contributed by atoms with van der Waals surface area (Å²) in [5, 5.41) is 3.05. The lowest BCUT2D eigenvalue weighted by Gasteiger charge is -2.05. The van der Waals surface area contributed by atoms with Crippen molar-refractivity contribution in [3.05, 3.63) is 34.2 Å². The van der Waals surface area contributed by atoms with E-state index in [1.807, 2.05) is 19.1 Å². The topological polar surface area (TPSA) is 31.4 Å². The van der Waals surface area contributed by atoms with E-state index in [0.717, 1.165) is 27.6 Å². The Morgan fingerprint density at radius 2 is 2.12 bits per heavy atom. The normalized spacial score (nSPS) is 10.5. The van der Waals surface area contributed by atoms with Crippen LogP contribution in [0.4, 0.5) is 0 Å². The van der Waals surface area contributed by atoms with Crippen LogP contribution in [0.2, 0.25) is 0 Å². The van der Waals surface area contributed by atoms with Gasteiger partial charge in [0.25, 0.3) is 0 Å². The molecule has 0 radical (unpaired) electrons. The van der Waals surface area contributed by atoms with Gasteiger partial charge < -0.3 is 9.47 Å². The van der Waals surface area contributed by atoms with Gasteiger partial charge in [-0.25, -0.2) is 4.98 Å². The van der Waals surface area contributed by atoms with Crippen molar-refractivity contribution in [2.24, 2.45) is 0 Å². The number of thiazole rings is 1. The summed E-state index contributed by atoms with van der Waals surface area (Å²) in [4.78, 5) is 4.52. The molecule has 1 aromatic carbocycles. The summed E-state index contributed by atoms with van der Waals surface area (Å²) < 4.78 is 10.3. The molecule has 0 atom stereocenters. The minimum Gasteiger partial charge on any atom is -0.496 e. The van der Waals surface area contributed by atoms with Crippen LogP contribution in [-0.4, -0.2) is 19.2 Å². The number of rotatable bonds is 4. The molecule has 17 heavy (non-hydrogen) atoms. The Kier molecular flexibility index (Phi) is 3.76. The fourth-order valence-corrected chi connectivity index (χ4v) is 2.44. The molecule has 2 aromatic rings. The summed E-state index contributed by atoms with van der Waals surface area (Å²) in [5.41, 5.74) is 3.22. The van der Waals surface area contributed by atoms with E-state index in [1.54, 1.807) is 25.6 Å². The van der Waals surface area contributed by atoms with Crippen LogP contribution >= 0.6 is 11.3 Å². The number of aryl methyl sites for hydroxylation is 1. The molecule has 0 saturated heterocycles. The first kappa shape index (κ1) is 12.1. The Balaban J connectivity index is 2.29. The fraction of sp³-hybridized carbons (Fsp3) is 0.308. The lowest BCUT2D eigenvalue weighted by atomic mass is 10.1. The lowest BCUT2D eigenvalue weighted by Crippen LogP contribution is -1.89. The fourth-order valence-electron chi connectivity index (χ4n) is 1.67. The summed E-state index contributed by atoms with van der Waals surface area (Å²) in [6.45, 7) is 2.60. The number of methoxy groups -OCH3 is 2. The van der Waals surface area contributed by atoms with E-state index in [2.05, 4.69) is 16.4 Å². The molecular weight excluding hydrogens is 234 g/mol. The highest BCUT2D eigenvalue weighted by atomic mass is 32.1. The van der Waals surface area contributed by atoms with E-state index in [-0.39, 0.29) is 0 Å². The molecule has 0 aliphatic rings. The predicted octanol–water partition coefficient (Wildman–Crippen LogP) is 3.27. The van der Waals surface area contributed by atoms with E-state index in [4.69, 9.17) is 9.47 Å². The van der Waals surface area contributed by atoms with Crippen LogP contribution in [-0.2, 0) is 11.3 Å². The lowest BCUT2D eigenvalue weighted by molar-refractivity contribution is 0.184. The zero-order valence-electron chi connectivity index (χ0n) is 10.2. The van der Waals surface area contributed by atoms with Crippen molar-refractivity contribution in [1.82, 2.24) is 4.98 Å². The van der Waals surface area contributed by atoms with Crippen LogP contribution < -0.4 is 4.74 Å². The smallest absolute Gasteiger partial charge is 0.121 e. The third-order valence-electron chi connectivity index (χ3n) is 2.51. The van der Waals surface area contributed by atoms with Gasteiger partial charge in [-0.1, -0.05) is 0 Å². The van der Waals surface area contributed by atoms with Crippen LogP contribution in [0.1, 0.15) is 10.6 Å². The molecule has 0 aliphatic carbocycles. The molecule has 0 amide bonds. The summed E-state index contributed by atoms with van der Waals surface area (Å²) >= 11 is 1.62. The average molecular weight is 249 g/mol. The van der Waals surface area contributed by atoms with Gasteiger partial charge in [-0.2, -0.15) is 0 Å². The number of ether oxygens (including phenoxy) is 2. The van der Waals surface area contributed by atoms with Crippen LogP contribution in [0.15, 0.2) is 23.6 Å². The standard InChI is InChI=1S/C13H15NO2S/c1-9-6-10(4-5-12(9)16-3)11-8-17-13(14-11)7-15-2/h4-6,8H,7H2,1-3H3. The van der Waals surface area contributed by atoms with Crippen molar-refractivity contribution >= 4 is 11.3 Å². The second-order valence-corrected chi connectivity index (χ2v) is 4.69. The van der Waals surface area contributed by atoms with Gasteiger partial charge in [-0.15, -0.1) is 11.3 Å². The molecule has 0 aliphatic heterocycles. The molecule has 0 saturated carbocycles. The maximum atomic E-state index is 5.24. The molecule has 0 N–H and O–H groups in total.